The lowest BCUT2D eigenvalue weighted by molar-refractivity contribution is 0.0995. The Morgan fingerprint density at radius 1 is 1.27 bits per heavy atom. The Hall–Kier alpha value is -3.39. The largest absolute Gasteiger partial charge is 0.364 e. The highest BCUT2D eigenvalue weighted by atomic mass is 16.1. The highest BCUT2D eigenvalue weighted by Gasteiger charge is 2.10. The Labute approximate surface area is 127 Å². The van der Waals surface area contributed by atoms with E-state index in [1.165, 1.54) is 0 Å². The van der Waals surface area contributed by atoms with Crippen molar-refractivity contribution >= 4 is 5.91 Å². The topological polar surface area (TPSA) is 73.8 Å². The Morgan fingerprint density at radius 2 is 2.14 bits per heavy atom. The van der Waals surface area contributed by atoms with E-state index in [0.717, 1.165) is 16.8 Å². The molecule has 2 heterocycles. The van der Waals surface area contributed by atoms with Crippen LogP contribution in [0.25, 0.3) is 16.9 Å². The average Bonchev–Trinajstić information content (AvgIpc) is 3.09. The molecule has 0 aliphatic carbocycles. The summed E-state index contributed by atoms with van der Waals surface area (Å²) in [5.41, 5.74) is 8.51. The molecule has 0 saturated carbocycles. The van der Waals surface area contributed by atoms with Crippen molar-refractivity contribution in [1.29, 1.82) is 0 Å². The molecule has 0 aliphatic heterocycles. The fourth-order valence-electron chi connectivity index (χ4n) is 2.12. The number of rotatable bonds is 3. The molecule has 1 aromatic carbocycles. The summed E-state index contributed by atoms with van der Waals surface area (Å²) >= 11 is 0. The smallest absolute Gasteiger partial charge is 0.267 e. The van der Waals surface area contributed by atoms with Gasteiger partial charge in [0.05, 0.1) is 17.7 Å². The molecule has 2 N–H and O–H groups in total. The van der Waals surface area contributed by atoms with Crippen molar-refractivity contribution in [3.8, 4) is 29.3 Å². The zero-order chi connectivity index (χ0) is 15.5. The number of hydrogen-bond donors (Lipinski definition) is 1. The maximum Gasteiger partial charge on any atom is 0.267 e. The van der Waals surface area contributed by atoms with Gasteiger partial charge in [0.25, 0.3) is 5.91 Å². The Bertz CT molecular complexity index is 876. The maximum atomic E-state index is 11.5. The van der Waals surface area contributed by atoms with Gasteiger partial charge >= 0.3 is 0 Å². The number of nitrogens with zero attached hydrogens (tertiary/aromatic N) is 3. The normalized spacial score (nSPS) is 10.1. The van der Waals surface area contributed by atoms with Crippen LogP contribution in [0.2, 0.25) is 0 Å². The predicted octanol–water partition coefficient (Wildman–Crippen LogP) is 2.01. The monoisotopic (exact) mass is 288 g/mol. The van der Waals surface area contributed by atoms with Crippen LogP contribution < -0.4 is 5.73 Å². The van der Waals surface area contributed by atoms with E-state index in [9.17, 15) is 4.79 Å². The molecule has 5 nitrogen and oxygen atoms in total. The minimum absolute atomic E-state index is 0.187. The van der Waals surface area contributed by atoms with Gasteiger partial charge in [0, 0.05) is 23.5 Å². The van der Waals surface area contributed by atoms with Crippen LogP contribution in [0.3, 0.4) is 0 Å². The SMILES string of the molecule is C#Cc1cccc(-c2cc(-n3ccnc3)cc(C(N)=O)n2)c1. The number of terminal acetylenes is 1. The number of pyridine rings is 1. The van der Waals surface area contributed by atoms with E-state index >= 15 is 0 Å². The average molecular weight is 288 g/mol. The van der Waals surface area contributed by atoms with Crippen LogP contribution in [0.5, 0.6) is 0 Å². The Balaban J connectivity index is 2.18. The van der Waals surface area contributed by atoms with Crippen molar-refractivity contribution in [2.75, 3.05) is 0 Å². The highest BCUT2D eigenvalue weighted by Crippen LogP contribution is 2.22. The second-order valence-corrected chi connectivity index (χ2v) is 4.66. The molecule has 0 bridgehead atoms. The van der Waals surface area contributed by atoms with Crippen LogP contribution >= 0.6 is 0 Å². The minimum atomic E-state index is -0.587. The van der Waals surface area contributed by atoms with Gasteiger partial charge in [0.1, 0.15) is 5.69 Å². The molecule has 1 amide bonds. The van der Waals surface area contributed by atoms with Gasteiger partial charge in [0.2, 0.25) is 0 Å². The van der Waals surface area contributed by atoms with E-state index in [1.807, 2.05) is 30.3 Å². The molecule has 3 aromatic rings. The molecule has 0 spiro atoms. The van der Waals surface area contributed by atoms with Gasteiger partial charge < -0.3 is 10.3 Å². The van der Waals surface area contributed by atoms with Crippen LogP contribution in [0.1, 0.15) is 16.1 Å². The van der Waals surface area contributed by atoms with Crippen molar-refractivity contribution in [3.05, 3.63) is 66.4 Å². The van der Waals surface area contributed by atoms with Gasteiger partial charge in [-0.3, -0.25) is 4.79 Å². The number of carbonyl (C=O) groups excluding carboxylic acids is 1. The van der Waals surface area contributed by atoms with E-state index < -0.39 is 5.91 Å². The summed E-state index contributed by atoms with van der Waals surface area (Å²) < 4.78 is 1.78. The van der Waals surface area contributed by atoms with Gasteiger partial charge in [-0.2, -0.15) is 0 Å². The standard InChI is InChI=1S/C17H12N4O/c1-2-12-4-3-5-13(8-12)15-9-14(21-7-6-19-11-21)10-16(20-15)17(18)22/h1,3-11H,(H2,18,22). The van der Waals surface area contributed by atoms with E-state index in [0.29, 0.717) is 5.69 Å². The molecule has 0 saturated heterocycles. The molecular formula is C17H12N4O. The molecule has 0 aliphatic rings. The number of amides is 1. The molecule has 0 radical (unpaired) electrons. The first-order valence-corrected chi connectivity index (χ1v) is 6.54. The zero-order valence-electron chi connectivity index (χ0n) is 11.6. The van der Waals surface area contributed by atoms with E-state index in [2.05, 4.69) is 15.9 Å². The quantitative estimate of drug-likeness (QED) is 0.749. The van der Waals surface area contributed by atoms with Crippen LogP contribution in [-0.2, 0) is 0 Å². The molecule has 0 atom stereocenters. The van der Waals surface area contributed by atoms with Gasteiger partial charge in [-0.05, 0) is 24.3 Å². The minimum Gasteiger partial charge on any atom is -0.364 e. The first-order valence-electron chi connectivity index (χ1n) is 6.54. The first-order chi connectivity index (χ1) is 10.7. The summed E-state index contributed by atoms with van der Waals surface area (Å²) in [6.45, 7) is 0. The fraction of sp³-hybridized carbons (Fsp3) is 0. The zero-order valence-corrected chi connectivity index (χ0v) is 11.6. The van der Waals surface area contributed by atoms with Gasteiger partial charge in [-0.15, -0.1) is 6.42 Å². The summed E-state index contributed by atoms with van der Waals surface area (Å²) in [5, 5.41) is 0. The predicted molar refractivity (Wildman–Crippen MR) is 83.2 cm³/mol. The molecular weight excluding hydrogens is 276 g/mol. The maximum absolute atomic E-state index is 11.5. The Kier molecular flexibility index (Phi) is 3.42. The summed E-state index contributed by atoms with van der Waals surface area (Å²) in [6, 6.07) is 10.9. The molecule has 0 unspecified atom stereocenters. The first kappa shape index (κ1) is 13.6. The third-order valence-corrected chi connectivity index (χ3v) is 3.19. The number of benzene rings is 1. The van der Waals surface area contributed by atoms with Crippen LogP contribution in [0.15, 0.2) is 55.1 Å². The van der Waals surface area contributed by atoms with Crippen LogP contribution in [0, 0.1) is 12.3 Å². The van der Waals surface area contributed by atoms with E-state index in [-0.39, 0.29) is 5.69 Å². The summed E-state index contributed by atoms with van der Waals surface area (Å²) in [6.07, 6.45) is 10.5. The lowest BCUT2D eigenvalue weighted by atomic mass is 10.1. The van der Waals surface area contributed by atoms with Crippen LogP contribution in [0.4, 0.5) is 0 Å². The van der Waals surface area contributed by atoms with Gasteiger partial charge in [0.15, 0.2) is 0 Å². The lowest BCUT2D eigenvalue weighted by Crippen LogP contribution is -2.14. The number of imidazole rings is 1. The lowest BCUT2D eigenvalue weighted by Gasteiger charge is -2.08. The van der Waals surface area contributed by atoms with Crippen molar-refractivity contribution in [3.63, 3.8) is 0 Å². The van der Waals surface area contributed by atoms with Gasteiger partial charge in [-0.1, -0.05) is 18.1 Å². The van der Waals surface area contributed by atoms with Crippen molar-refractivity contribution in [2.24, 2.45) is 5.73 Å². The number of nitrogens with two attached hydrogens (primary N) is 1. The molecule has 106 valence electrons. The third kappa shape index (κ3) is 2.58. The molecule has 5 heteroatoms. The molecule has 22 heavy (non-hydrogen) atoms. The summed E-state index contributed by atoms with van der Waals surface area (Å²) in [7, 11) is 0. The molecule has 0 fully saturated rings. The second-order valence-electron chi connectivity index (χ2n) is 4.66. The van der Waals surface area contributed by atoms with Crippen molar-refractivity contribution in [2.45, 2.75) is 0 Å². The summed E-state index contributed by atoms with van der Waals surface area (Å²) in [5.74, 6) is 2.00. The summed E-state index contributed by atoms with van der Waals surface area (Å²) in [4.78, 5) is 19.8. The Morgan fingerprint density at radius 3 is 2.82 bits per heavy atom. The number of hydrogen-bond acceptors (Lipinski definition) is 3. The number of aromatic nitrogens is 3. The molecule has 3 rings (SSSR count). The third-order valence-electron chi connectivity index (χ3n) is 3.19. The van der Waals surface area contributed by atoms with E-state index in [4.69, 9.17) is 12.2 Å². The number of carbonyl (C=O) groups is 1. The van der Waals surface area contributed by atoms with Crippen LogP contribution in [-0.4, -0.2) is 20.4 Å². The number of primary amides is 1. The van der Waals surface area contributed by atoms with Crippen molar-refractivity contribution in [1.82, 2.24) is 14.5 Å². The second kappa shape index (κ2) is 5.54. The highest BCUT2D eigenvalue weighted by molar-refractivity contribution is 5.92. The fourth-order valence-corrected chi connectivity index (χ4v) is 2.12. The molecule has 2 aromatic heterocycles. The van der Waals surface area contributed by atoms with Crippen molar-refractivity contribution < 1.29 is 4.79 Å². The van der Waals surface area contributed by atoms with E-state index in [1.54, 1.807) is 29.4 Å². The van der Waals surface area contributed by atoms with Gasteiger partial charge in [-0.25, -0.2) is 9.97 Å².